The van der Waals surface area contributed by atoms with Crippen molar-refractivity contribution in [3.05, 3.63) is 28.0 Å². The Balaban J connectivity index is 2.61. The number of benzene rings is 1. The fourth-order valence-corrected chi connectivity index (χ4v) is 1.68. The Morgan fingerprint density at radius 1 is 1.38 bits per heavy atom. The molecule has 0 aliphatic heterocycles. The van der Waals surface area contributed by atoms with Gasteiger partial charge in [-0.1, -0.05) is 0 Å². The number of hydrogen-bond donors (Lipinski definition) is 2. The molecule has 1 aliphatic rings. The molecule has 0 unspecified atom stereocenters. The van der Waals surface area contributed by atoms with Gasteiger partial charge in [0, 0.05) is 0 Å². The molecule has 2 nitrogen and oxygen atoms in total. The maximum Gasteiger partial charge on any atom is 0.138 e. The molecule has 70 valence electrons. The van der Waals surface area contributed by atoms with Crippen LogP contribution in [0.25, 0.3) is 0 Å². The largest absolute Gasteiger partial charge is 0.506 e. The normalized spacial score (nSPS) is 18.7. The second-order valence-corrected chi connectivity index (χ2v) is 4.14. The van der Waals surface area contributed by atoms with E-state index in [1.54, 1.807) is 0 Å². The third-order valence-electron chi connectivity index (χ3n) is 2.27. The van der Waals surface area contributed by atoms with Gasteiger partial charge in [0.2, 0.25) is 0 Å². The zero-order valence-electron chi connectivity index (χ0n) is 6.72. The van der Waals surface area contributed by atoms with Crippen molar-refractivity contribution >= 4 is 15.9 Å². The zero-order valence-corrected chi connectivity index (χ0v) is 8.31. The summed E-state index contributed by atoms with van der Waals surface area (Å²) in [4.78, 5) is 0. The van der Waals surface area contributed by atoms with Gasteiger partial charge in [0.25, 0.3) is 0 Å². The van der Waals surface area contributed by atoms with E-state index in [4.69, 9.17) is 0 Å². The minimum atomic E-state index is -1.14. The molecule has 1 aromatic rings. The SMILES string of the molecule is Oc1c(Br)ccc(F)c1C1(O)CC1. The molecule has 13 heavy (non-hydrogen) atoms. The highest BCUT2D eigenvalue weighted by atomic mass is 79.9. The summed E-state index contributed by atoms with van der Waals surface area (Å²) in [6.07, 6.45) is 1.02. The van der Waals surface area contributed by atoms with Gasteiger partial charge in [0.05, 0.1) is 15.6 Å². The highest BCUT2D eigenvalue weighted by molar-refractivity contribution is 9.10. The van der Waals surface area contributed by atoms with Gasteiger partial charge in [-0.25, -0.2) is 4.39 Å². The van der Waals surface area contributed by atoms with Gasteiger partial charge in [0.1, 0.15) is 11.6 Å². The molecule has 0 atom stereocenters. The third kappa shape index (κ3) is 1.34. The smallest absolute Gasteiger partial charge is 0.138 e. The number of rotatable bonds is 1. The number of aliphatic hydroxyl groups is 1. The van der Waals surface area contributed by atoms with Crippen LogP contribution < -0.4 is 0 Å². The highest BCUT2D eigenvalue weighted by Gasteiger charge is 2.46. The van der Waals surface area contributed by atoms with Crippen molar-refractivity contribution < 1.29 is 14.6 Å². The minimum Gasteiger partial charge on any atom is -0.506 e. The summed E-state index contributed by atoms with van der Waals surface area (Å²) in [5.74, 6) is -0.749. The fraction of sp³-hybridized carbons (Fsp3) is 0.333. The Kier molecular flexibility index (Phi) is 1.85. The second kappa shape index (κ2) is 2.69. The van der Waals surface area contributed by atoms with Crippen LogP contribution in [-0.2, 0) is 5.60 Å². The lowest BCUT2D eigenvalue weighted by Gasteiger charge is -2.12. The summed E-state index contributed by atoms with van der Waals surface area (Å²) in [5.41, 5.74) is -1.13. The monoisotopic (exact) mass is 246 g/mol. The lowest BCUT2D eigenvalue weighted by Crippen LogP contribution is -2.07. The third-order valence-corrected chi connectivity index (χ3v) is 2.91. The van der Waals surface area contributed by atoms with Gasteiger partial charge < -0.3 is 10.2 Å². The van der Waals surface area contributed by atoms with Gasteiger partial charge in [0.15, 0.2) is 0 Å². The van der Waals surface area contributed by atoms with E-state index in [2.05, 4.69) is 15.9 Å². The van der Waals surface area contributed by atoms with Crippen LogP contribution in [0.4, 0.5) is 4.39 Å². The molecule has 1 aliphatic carbocycles. The molecule has 0 radical (unpaired) electrons. The molecule has 2 rings (SSSR count). The summed E-state index contributed by atoms with van der Waals surface area (Å²) < 4.78 is 13.6. The van der Waals surface area contributed by atoms with Crippen LogP contribution in [0.3, 0.4) is 0 Å². The van der Waals surface area contributed by atoms with Crippen LogP contribution in [0.5, 0.6) is 5.75 Å². The van der Waals surface area contributed by atoms with E-state index in [1.807, 2.05) is 0 Å². The van der Waals surface area contributed by atoms with Crippen LogP contribution in [0.1, 0.15) is 18.4 Å². The van der Waals surface area contributed by atoms with Crippen LogP contribution in [0.15, 0.2) is 16.6 Å². The first kappa shape index (κ1) is 8.97. The van der Waals surface area contributed by atoms with Gasteiger partial charge >= 0.3 is 0 Å². The Labute approximate surface area is 83.1 Å². The van der Waals surface area contributed by atoms with Crippen molar-refractivity contribution in [3.8, 4) is 5.75 Å². The number of aromatic hydroxyl groups is 1. The Hall–Kier alpha value is -0.610. The summed E-state index contributed by atoms with van der Waals surface area (Å²) in [5, 5.41) is 19.2. The quantitative estimate of drug-likeness (QED) is 0.799. The van der Waals surface area contributed by atoms with E-state index in [0.29, 0.717) is 17.3 Å². The van der Waals surface area contributed by atoms with E-state index < -0.39 is 11.4 Å². The maximum atomic E-state index is 13.2. The molecule has 0 aromatic heterocycles. The first-order valence-electron chi connectivity index (χ1n) is 3.94. The topological polar surface area (TPSA) is 40.5 Å². The molecule has 0 saturated heterocycles. The van der Waals surface area contributed by atoms with Crippen molar-refractivity contribution in [2.45, 2.75) is 18.4 Å². The highest BCUT2D eigenvalue weighted by Crippen LogP contribution is 2.50. The van der Waals surface area contributed by atoms with Crippen LogP contribution >= 0.6 is 15.9 Å². The lowest BCUT2D eigenvalue weighted by atomic mass is 10.1. The first-order chi connectivity index (χ1) is 6.04. The van der Waals surface area contributed by atoms with Crippen molar-refractivity contribution in [1.29, 1.82) is 0 Å². The predicted octanol–water partition coefficient (Wildman–Crippen LogP) is 2.28. The van der Waals surface area contributed by atoms with E-state index >= 15 is 0 Å². The molecule has 2 N–H and O–H groups in total. The van der Waals surface area contributed by atoms with Crippen LogP contribution in [0.2, 0.25) is 0 Å². The van der Waals surface area contributed by atoms with Gasteiger partial charge in [-0.05, 0) is 40.9 Å². The molecule has 4 heteroatoms. The first-order valence-corrected chi connectivity index (χ1v) is 4.74. The second-order valence-electron chi connectivity index (χ2n) is 3.28. The number of phenols is 1. The molecule has 0 bridgehead atoms. The van der Waals surface area contributed by atoms with Gasteiger partial charge in [-0.2, -0.15) is 0 Å². The van der Waals surface area contributed by atoms with Crippen molar-refractivity contribution in [2.24, 2.45) is 0 Å². The summed E-state index contributed by atoms with van der Waals surface area (Å²) in [6.45, 7) is 0. The predicted molar refractivity (Wildman–Crippen MR) is 48.9 cm³/mol. The average molecular weight is 247 g/mol. The van der Waals surface area contributed by atoms with Crippen molar-refractivity contribution in [1.82, 2.24) is 0 Å². The zero-order chi connectivity index (χ0) is 9.64. The number of hydrogen-bond acceptors (Lipinski definition) is 2. The molecule has 1 saturated carbocycles. The Morgan fingerprint density at radius 3 is 2.54 bits per heavy atom. The summed E-state index contributed by atoms with van der Waals surface area (Å²) in [6, 6.07) is 2.65. The van der Waals surface area contributed by atoms with E-state index in [-0.39, 0.29) is 11.3 Å². The molecule has 0 amide bonds. The molecule has 0 heterocycles. The Morgan fingerprint density at radius 2 is 2.00 bits per heavy atom. The number of phenolic OH excluding ortho intramolecular Hbond substituents is 1. The van der Waals surface area contributed by atoms with E-state index in [0.717, 1.165) is 0 Å². The number of halogens is 2. The van der Waals surface area contributed by atoms with Crippen LogP contribution in [0, 0.1) is 5.82 Å². The minimum absolute atomic E-state index is 0.0156. The van der Waals surface area contributed by atoms with Crippen LogP contribution in [-0.4, -0.2) is 10.2 Å². The molecule has 1 fully saturated rings. The van der Waals surface area contributed by atoms with Crippen molar-refractivity contribution in [3.63, 3.8) is 0 Å². The van der Waals surface area contributed by atoms with E-state index in [9.17, 15) is 14.6 Å². The molecule has 0 spiro atoms. The summed E-state index contributed by atoms with van der Waals surface area (Å²) in [7, 11) is 0. The van der Waals surface area contributed by atoms with Gasteiger partial charge in [-0.3, -0.25) is 0 Å². The van der Waals surface area contributed by atoms with Crippen molar-refractivity contribution in [2.75, 3.05) is 0 Å². The Bertz CT molecular complexity index is 361. The standard InChI is InChI=1S/C9H8BrFO2/c10-5-1-2-6(11)7(8(5)12)9(13)3-4-9/h1-2,12-13H,3-4H2. The maximum absolute atomic E-state index is 13.2. The molecular weight excluding hydrogens is 239 g/mol. The molecular formula is C9H8BrFO2. The molecule has 1 aromatic carbocycles. The van der Waals surface area contributed by atoms with Gasteiger partial charge in [-0.15, -0.1) is 0 Å². The van der Waals surface area contributed by atoms with E-state index in [1.165, 1.54) is 12.1 Å². The fourth-order valence-electron chi connectivity index (χ4n) is 1.35. The average Bonchev–Trinajstić information content (AvgIpc) is 2.78. The summed E-state index contributed by atoms with van der Waals surface area (Å²) >= 11 is 3.07. The lowest BCUT2D eigenvalue weighted by molar-refractivity contribution is 0.142.